The van der Waals surface area contributed by atoms with E-state index in [0.717, 1.165) is 12.1 Å². The number of pyridine rings is 1. The zero-order valence-electron chi connectivity index (χ0n) is 12.9. The summed E-state index contributed by atoms with van der Waals surface area (Å²) in [5, 5.41) is 6.27. The van der Waals surface area contributed by atoms with Crippen LogP contribution in [-0.4, -0.2) is 22.4 Å². The van der Waals surface area contributed by atoms with Gasteiger partial charge in [-0.25, -0.2) is 0 Å². The van der Waals surface area contributed by atoms with E-state index in [9.17, 15) is 18.0 Å². The summed E-state index contributed by atoms with van der Waals surface area (Å²) in [6.07, 6.45) is -1.76. The summed E-state index contributed by atoms with van der Waals surface area (Å²) in [6, 6.07) is 7.98. The Morgan fingerprint density at radius 1 is 1.19 bits per heavy atom. The molecule has 3 N–H and O–H groups in total. The quantitative estimate of drug-likeness (QED) is 0.735. The highest BCUT2D eigenvalue weighted by atomic mass is 19.4. The molecule has 0 spiro atoms. The van der Waals surface area contributed by atoms with Gasteiger partial charge in [0.1, 0.15) is 17.0 Å². The first kappa shape index (κ1) is 17.3. The van der Waals surface area contributed by atoms with E-state index in [4.69, 9.17) is 10.3 Å². The Kier molecular flexibility index (Phi) is 4.48. The number of rotatable bonds is 4. The van der Waals surface area contributed by atoms with E-state index in [-0.39, 0.29) is 22.8 Å². The van der Waals surface area contributed by atoms with Crippen LogP contribution in [0, 0.1) is 0 Å². The number of aromatic nitrogens is 2. The SMILES string of the molecule is Nc1onc(-c2cccnc2)c1C(=O)Nc1ccc(OC(F)(F)F)cc1. The number of hydrogen-bond donors (Lipinski definition) is 2. The molecule has 0 saturated carbocycles. The van der Waals surface area contributed by atoms with Gasteiger partial charge in [0.25, 0.3) is 5.91 Å². The summed E-state index contributed by atoms with van der Waals surface area (Å²) in [7, 11) is 0. The van der Waals surface area contributed by atoms with Gasteiger partial charge in [0.15, 0.2) is 0 Å². The maximum atomic E-state index is 12.5. The third-order valence-corrected chi connectivity index (χ3v) is 3.23. The van der Waals surface area contributed by atoms with Crippen LogP contribution in [0.3, 0.4) is 0 Å². The fourth-order valence-corrected chi connectivity index (χ4v) is 2.16. The number of carbonyl (C=O) groups is 1. The van der Waals surface area contributed by atoms with E-state index >= 15 is 0 Å². The summed E-state index contributed by atoms with van der Waals surface area (Å²) in [5.41, 5.74) is 6.62. The van der Waals surface area contributed by atoms with Crippen LogP contribution < -0.4 is 15.8 Å². The number of benzene rings is 1. The molecular formula is C16H11F3N4O3. The van der Waals surface area contributed by atoms with Crippen molar-refractivity contribution in [2.24, 2.45) is 0 Å². The van der Waals surface area contributed by atoms with E-state index in [1.165, 1.54) is 18.3 Å². The van der Waals surface area contributed by atoms with E-state index in [0.29, 0.717) is 5.56 Å². The Bertz CT molecular complexity index is 909. The van der Waals surface area contributed by atoms with Crippen molar-refractivity contribution >= 4 is 17.5 Å². The average molecular weight is 364 g/mol. The lowest BCUT2D eigenvalue weighted by atomic mass is 10.1. The number of anilines is 2. The standard InChI is InChI=1S/C16H11F3N4O3/c17-16(18,19)25-11-5-3-10(4-6-11)22-15(24)12-13(23-26-14(12)20)9-2-1-7-21-8-9/h1-8H,20H2,(H,22,24). The zero-order chi connectivity index (χ0) is 18.7. The van der Waals surface area contributed by atoms with Gasteiger partial charge in [0, 0.05) is 23.6 Å². The van der Waals surface area contributed by atoms with Gasteiger partial charge in [-0.1, -0.05) is 5.16 Å². The van der Waals surface area contributed by atoms with Crippen LogP contribution in [0.5, 0.6) is 5.75 Å². The van der Waals surface area contributed by atoms with Crippen LogP contribution in [-0.2, 0) is 0 Å². The molecule has 2 aromatic heterocycles. The summed E-state index contributed by atoms with van der Waals surface area (Å²) < 4.78 is 45.1. The predicted octanol–water partition coefficient (Wildman–Crippen LogP) is 3.47. The normalized spacial score (nSPS) is 11.2. The van der Waals surface area contributed by atoms with Crippen molar-refractivity contribution in [1.82, 2.24) is 10.1 Å². The Morgan fingerprint density at radius 3 is 2.54 bits per heavy atom. The Labute approximate surface area is 144 Å². The monoisotopic (exact) mass is 364 g/mol. The van der Waals surface area contributed by atoms with Gasteiger partial charge < -0.3 is 20.3 Å². The second kappa shape index (κ2) is 6.75. The van der Waals surface area contributed by atoms with Crippen molar-refractivity contribution in [3.05, 3.63) is 54.4 Å². The van der Waals surface area contributed by atoms with Crippen LogP contribution in [0.1, 0.15) is 10.4 Å². The number of amides is 1. The van der Waals surface area contributed by atoms with Gasteiger partial charge in [-0.05, 0) is 36.4 Å². The van der Waals surface area contributed by atoms with Crippen molar-refractivity contribution in [3.8, 4) is 17.0 Å². The van der Waals surface area contributed by atoms with Crippen LogP contribution >= 0.6 is 0 Å². The number of hydrogen-bond acceptors (Lipinski definition) is 6. The summed E-state index contributed by atoms with van der Waals surface area (Å²) in [4.78, 5) is 16.4. The van der Waals surface area contributed by atoms with Gasteiger partial charge in [-0.2, -0.15) is 0 Å². The van der Waals surface area contributed by atoms with Crippen LogP contribution in [0.15, 0.2) is 53.3 Å². The van der Waals surface area contributed by atoms with Crippen LogP contribution in [0.2, 0.25) is 0 Å². The molecule has 0 aliphatic rings. The number of nitrogens with zero attached hydrogens (tertiary/aromatic N) is 2. The van der Waals surface area contributed by atoms with E-state index < -0.39 is 18.0 Å². The lowest BCUT2D eigenvalue weighted by Crippen LogP contribution is -2.17. The van der Waals surface area contributed by atoms with E-state index in [2.05, 4.69) is 20.2 Å². The molecule has 2 heterocycles. The molecule has 10 heteroatoms. The highest BCUT2D eigenvalue weighted by Crippen LogP contribution is 2.28. The topological polar surface area (TPSA) is 103 Å². The zero-order valence-corrected chi connectivity index (χ0v) is 12.9. The largest absolute Gasteiger partial charge is 0.573 e. The van der Waals surface area contributed by atoms with Crippen LogP contribution in [0.4, 0.5) is 24.7 Å². The minimum absolute atomic E-state index is 0.00591. The lowest BCUT2D eigenvalue weighted by Gasteiger charge is -2.10. The first-order chi connectivity index (χ1) is 12.3. The molecule has 0 aliphatic carbocycles. The first-order valence-corrected chi connectivity index (χ1v) is 7.16. The van der Waals surface area contributed by atoms with Gasteiger partial charge in [0.2, 0.25) is 5.88 Å². The second-order valence-electron chi connectivity index (χ2n) is 5.04. The number of ether oxygens (including phenoxy) is 1. The minimum atomic E-state index is -4.79. The predicted molar refractivity (Wildman–Crippen MR) is 85.2 cm³/mol. The van der Waals surface area contributed by atoms with Crippen LogP contribution in [0.25, 0.3) is 11.3 Å². The van der Waals surface area contributed by atoms with Gasteiger partial charge in [0.05, 0.1) is 0 Å². The molecule has 0 aliphatic heterocycles. The molecule has 3 aromatic rings. The maximum Gasteiger partial charge on any atom is 0.573 e. The minimum Gasteiger partial charge on any atom is -0.406 e. The van der Waals surface area contributed by atoms with Gasteiger partial charge in [-0.3, -0.25) is 9.78 Å². The fraction of sp³-hybridized carbons (Fsp3) is 0.0625. The fourth-order valence-electron chi connectivity index (χ4n) is 2.16. The molecular weight excluding hydrogens is 353 g/mol. The highest BCUT2D eigenvalue weighted by molar-refractivity contribution is 6.10. The van der Waals surface area contributed by atoms with Gasteiger partial charge >= 0.3 is 6.36 Å². The molecule has 3 rings (SSSR count). The number of carbonyl (C=O) groups excluding carboxylic acids is 1. The number of nitrogens with two attached hydrogens (primary N) is 1. The van der Waals surface area contributed by atoms with E-state index in [1.807, 2.05) is 0 Å². The molecule has 1 amide bonds. The van der Waals surface area contributed by atoms with Crippen molar-refractivity contribution in [3.63, 3.8) is 0 Å². The summed E-state index contributed by atoms with van der Waals surface area (Å²) in [6.45, 7) is 0. The third-order valence-electron chi connectivity index (χ3n) is 3.23. The molecule has 134 valence electrons. The Balaban J connectivity index is 1.80. The van der Waals surface area contributed by atoms with Crippen molar-refractivity contribution in [1.29, 1.82) is 0 Å². The third kappa shape index (κ3) is 3.91. The average Bonchev–Trinajstić information content (AvgIpc) is 2.98. The molecule has 0 unspecified atom stereocenters. The molecule has 0 atom stereocenters. The maximum absolute atomic E-state index is 12.5. The Hall–Kier alpha value is -3.56. The number of halogens is 3. The first-order valence-electron chi connectivity index (χ1n) is 7.16. The number of nitrogen functional groups attached to an aromatic ring is 1. The number of nitrogens with one attached hydrogen (secondary N) is 1. The molecule has 0 fully saturated rings. The van der Waals surface area contributed by atoms with Crippen molar-refractivity contribution in [2.45, 2.75) is 6.36 Å². The molecule has 1 aromatic carbocycles. The van der Waals surface area contributed by atoms with Crippen molar-refractivity contribution < 1.29 is 27.2 Å². The van der Waals surface area contributed by atoms with E-state index in [1.54, 1.807) is 18.3 Å². The molecule has 0 saturated heterocycles. The summed E-state index contributed by atoms with van der Waals surface area (Å²) >= 11 is 0. The number of alkyl halides is 3. The molecule has 7 nitrogen and oxygen atoms in total. The smallest absolute Gasteiger partial charge is 0.406 e. The lowest BCUT2D eigenvalue weighted by molar-refractivity contribution is -0.274. The van der Waals surface area contributed by atoms with Gasteiger partial charge in [-0.15, -0.1) is 13.2 Å². The summed E-state index contributed by atoms with van der Waals surface area (Å²) in [5.74, 6) is -1.23. The molecule has 26 heavy (non-hydrogen) atoms. The van der Waals surface area contributed by atoms with Crippen molar-refractivity contribution in [2.75, 3.05) is 11.1 Å². The highest BCUT2D eigenvalue weighted by Gasteiger charge is 2.31. The Morgan fingerprint density at radius 2 is 1.92 bits per heavy atom. The molecule has 0 bridgehead atoms. The molecule has 0 radical (unpaired) electrons. The second-order valence-corrected chi connectivity index (χ2v) is 5.04.